The third kappa shape index (κ3) is 2.56. The number of carbonyl (C=O) groups excluding carboxylic acids is 1. The second kappa shape index (κ2) is 5.39. The lowest BCUT2D eigenvalue weighted by Gasteiger charge is -2.22. The summed E-state index contributed by atoms with van der Waals surface area (Å²) in [5.41, 5.74) is 0.552. The highest BCUT2D eigenvalue weighted by atomic mass is 35.5. The Morgan fingerprint density at radius 3 is 2.76 bits per heavy atom. The molecule has 0 bridgehead atoms. The fourth-order valence-corrected chi connectivity index (χ4v) is 3.33. The zero-order chi connectivity index (χ0) is 15.1. The Morgan fingerprint density at radius 1 is 1.33 bits per heavy atom. The number of hydrogen-bond acceptors (Lipinski definition) is 4. The van der Waals surface area contributed by atoms with Gasteiger partial charge in [-0.2, -0.15) is 0 Å². The molecule has 2 heterocycles. The van der Waals surface area contributed by atoms with Crippen LogP contribution in [0.25, 0.3) is 0 Å². The van der Waals surface area contributed by atoms with Crippen molar-refractivity contribution in [3.63, 3.8) is 0 Å². The van der Waals surface area contributed by atoms with Gasteiger partial charge in [0.1, 0.15) is 0 Å². The second-order valence-electron chi connectivity index (χ2n) is 5.91. The minimum Gasteiger partial charge on any atom is -0.454 e. The SMILES string of the molecule is C[C@H]1CN(C(=O)c2cc(Cl)c3c(c2)OCO3)C[C@@H]1N(C)C. The Kier molecular flexibility index (Phi) is 3.71. The number of nitrogens with zero attached hydrogens (tertiary/aromatic N) is 2. The van der Waals surface area contributed by atoms with Crippen LogP contribution in [0.1, 0.15) is 17.3 Å². The number of fused-ring (bicyclic) bond motifs is 1. The molecule has 1 aromatic carbocycles. The van der Waals surface area contributed by atoms with E-state index in [-0.39, 0.29) is 12.7 Å². The first-order valence-corrected chi connectivity index (χ1v) is 7.40. The summed E-state index contributed by atoms with van der Waals surface area (Å²) in [6.07, 6.45) is 0. The summed E-state index contributed by atoms with van der Waals surface area (Å²) >= 11 is 6.15. The molecule has 21 heavy (non-hydrogen) atoms. The summed E-state index contributed by atoms with van der Waals surface area (Å²) in [6.45, 7) is 3.81. The maximum atomic E-state index is 12.7. The lowest BCUT2D eigenvalue weighted by molar-refractivity contribution is 0.0781. The van der Waals surface area contributed by atoms with Crippen LogP contribution >= 0.6 is 11.6 Å². The van der Waals surface area contributed by atoms with Gasteiger partial charge in [0.15, 0.2) is 11.5 Å². The highest BCUT2D eigenvalue weighted by Crippen LogP contribution is 2.40. The summed E-state index contributed by atoms with van der Waals surface area (Å²) in [6, 6.07) is 3.76. The van der Waals surface area contributed by atoms with Gasteiger partial charge in [0.05, 0.1) is 5.02 Å². The van der Waals surface area contributed by atoms with Crippen molar-refractivity contribution in [2.45, 2.75) is 13.0 Å². The molecule has 2 aliphatic heterocycles. The van der Waals surface area contributed by atoms with E-state index in [1.807, 2.05) is 19.0 Å². The molecule has 0 unspecified atom stereocenters. The third-order valence-corrected chi connectivity index (χ3v) is 4.48. The molecule has 114 valence electrons. The Bertz CT molecular complexity index is 576. The van der Waals surface area contributed by atoms with E-state index in [2.05, 4.69) is 11.8 Å². The molecule has 2 aliphatic rings. The van der Waals surface area contributed by atoms with Gasteiger partial charge in [-0.15, -0.1) is 0 Å². The Morgan fingerprint density at radius 2 is 2.10 bits per heavy atom. The summed E-state index contributed by atoms with van der Waals surface area (Å²) in [5.74, 6) is 1.51. The maximum absolute atomic E-state index is 12.7. The number of hydrogen-bond donors (Lipinski definition) is 0. The van der Waals surface area contributed by atoms with Gasteiger partial charge in [-0.3, -0.25) is 4.79 Å². The average Bonchev–Trinajstić information content (AvgIpc) is 3.04. The molecule has 0 saturated carbocycles. The Balaban J connectivity index is 1.82. The van der Waals surface area contributed by atoms with Crippen molar-refractivity contribution >= 4 is 17.5 Å². The van der Waals surface area contributed by atoms with Crippen molar-refractivity contribution in [1.29, 1.82) is 0 Å². The monoisotopic (exact) mass is 310 g/mol. The molecule has 0 aliphatic carbocycles. The van der Waals surface area contributed by atoms with E-state index in [0.29, 0.717) is 34.0 Å². The molecule has 1 amide bonds. The van der Waals surface area contributed by atoms with Crippen LogP contribution in [0.15, 0.2) is 12.1 Å². The van der Waals surface area contributed by atoms with Crippen LogP contribution in [0.2, 0.25) is 5.02 Å². The number of halogens is 1. The van der Waals surface area contributed by atoms with E-state index in [4.69, 9.17) is 21.1 Å². The lowest BCUT2D eigenvalue weighted by atomic mass is 10.1. The number of benzene rings is 1. The molecule has 1 saturated heterocycles. The topological polar surface area (TPSA) is 42.0 Å². The van der Waals surface area contributed by atoms with Gasteiger partial charge < -0.3 is 19.3 Å². The van der Waals surface area contributed by atoms with Gasteiger partial charge >= 0.3 is 0 Å². The van der Waals surface area contributed by atoms with Crippen LogP contribution in [-0.4, -0.2) is 55.7 Å². The van der Waals surface area contributed by atoms with Crippen molar-refractivity contribution in [1.82, 2.24) is 9.80 Å². The first-order chi connectivity index (χ1) is 9.97. The van der Waals surface area contributed by atoms with Crippen LogP contribution in [0.5, 0.6) is 11.5 Å². The van der Waals surface area contributed by atoms with Crippen LogP contribution in [0, 0.1) is 5.92 Å². The number of amides is 1. The van der Waals surface area contributed by atoms with Gasteiger partial charge in [-0.1, -0.05) is 18.5 Å². The quantitative estimate of drug-likeness (QED) is 0.839. The van der Waals surface area contributed by atoms with E-state index in [1.54, 1.807) is 12.1 Å². The van der Waals surface area contributed by atoms with E-state index in [9.17, 15) is 4.79 Å². The molecule has 0 radical (unpaired) electrons. The standard InChI is InChI=1S/C15H19ClN2O3/c1-9-6-18(7-12(9)17(2)3)15(19)10-4-11(16)14-13(5-10)20-8-21-14/h4-5,9,12H,6-8H2,1-3H3/t9-,12-/m0/s1. The predicted molar refractivity (Wildman–Crippen MR) is 80.1 cm³/mol. The smallest absolute Gasteiger partial charge is 0.254 e. The zero-order valence-electron chi connectivity index (χ0n) is 12.4. The van der Waals surface area contributed by atoms with Gasteiger partial charge in [0.25, 0.3) is 5.91 Å². The molecule has 0 spiro atoms. The number of ether oxygens (including phenoxy) is 2. The maximum Gasteiger partial charge on any atom is 0.254 e. The van der Waals surface area contributed by atoms with Crippen LogP contribution in [0.4, 0.5) is 0 Å². The molecular weight excluding hydrogens is 292 g/mol. The normalized spacial score (nSPS) is 24.0. The van der Waals surface area contributed by atoms with Gasteiger partial charge in [-0.25, -0.2) is 0 Å². The van der Waals surface area contributed by atoms with E-state index >= 15 is 0 Å². The number of likely N-dealkylation sites (tertiary alicyclic amines) is 1. The molecule has 1 fully saturated rings. The molecular formula is C15H19ClN2O3. The first kappa shape index (κ1) is 14.5. The van der Waals surface area contributed by atoms with E-state index in [0.717, 1.165) is 13.1 Å². The van der Waals surface area contributed by atoms with E-state index < -0.39 is 0 Å². The van der Waals surface area contributed by atoms with Gasteiger partial charge in [0, 0.05) is 24.7 Å². The number of carbonyl (C=O) groups is 1. The van der Waals surface area contributed by atoms with Crippen molar-refractivity contribution in [2.75, 3.05) is 34.0 Å². The van der Waals surface area contributed by atoms with Crippen molar-refractivity contribution in [3.8, 4) is 11.5 Å². The van der Waals surface area contributed by atoms with E-state index in [1.165, 1.54) is 0 Å². The summed E-state index contributed by atoms with van der Waals surface area (Å²) in [5, 5.41) is 0.421. The molecule has 0 aromatic heterocycles. The summed E-state index contributed by atoms with van der Waals surface area (Å²) in [4.78, 5) is 16.7. The molecule has 5 nitrogen and oxygen atoms in total. The fraction of sp³-hybridized carbons (Fsp3) is 0.533. The van der Waals surface area contributed by atoms with Gasteiger partial charge in [-0.05, 0) is 32.1 Å². The van der Waals surface area contributed by atoms with Crippen LogP contribution < -0.4 is 9.47 Å². The minimum absolute atomic E-state index is 0.00796. The zero-order valence-corrected chi connectivity index (χ0v) is 13.2. The van der Waals surface area contributed by atoms with Gasteiger partial charge in [0.2, 0.25) is 6.79 Å². The Hall–Kier alpha value is -1.46. The lowest BCUT2D eigenvalue weighted by Crippen LogP contribution is -2.35. The number of likely N-dealkylation sites (N-methyl/N-ethyl adjacent to an activating group) is 1. The predicted octanol–water partition coefficient (Wildman–Crippen LogP) is 2.09. The third-order valence-electron chi connectivity index (χ3n) is 4.20. The Labute approximate surface area is 129 Å². The minimum atomic E-state index is -0.00796. The van der Waals surface area contributed by atoms with Crippen LogP contribution in [-0.2, 0) is 0 Å². The molecule has 1 aromatic rings. The van der Waals surface area contributed by atoms with Crippen molar-refractivity contribution < 1.29 is 14.3 Å². The molecule has 3 rings (SSSR count). The highest BCUT2D eigenvalue weighted by molar-refractivity contribution is 6.32. The fourth-order valence-electron chi connectivity index (χ4n) is 3.06. The molecule has 6 heteroatoms. The summed E-state index contributed by atoms with van der Waals surface area (Å²) < 4.78 is 10.6. The van der Waals surface area contributed by atoms with Crippen molar-refractivity contribution in [2.24, 2.45) is 5.92 Å². The van der Waals surface area contributed by atoms with Crippen molar-refractivity contribution in [3.05, 3.63) is 22.7 Å². The number of rotatable bonds is 2. The second-order valence-corrected chi connectivity index (χ2v) is 6.32. The summed E-state index contributed by atoms with van der Waals surface area (Å²) in [7, 11) is 4.10. The molecule has 0 N–H and O–H groups in total. The van der Waals surface area contributed by atoms with Crippen LogP contribution in [0.3, 0.4) is 0 Å². The molecule has 2 atom stereocenters. The largest absolute Gasteiger partial charge is 0.454 e. The average molecular weight is 311 g/mol. The highest BCUT2D eigenvalue weighted by Gasteiger charge is 2.34. The first-order valence-electron chi connectivity index (χ1n) is 7.02.